The molecular formula is C27H30N4OS. The molecule has 3 fully saturated rings. The minimum Gasteiger partial charge on any atom is -0.329 e. The van der Waals surface area contributed by atoms with Gasteiger partial charge in [-0.1, -0.05) is 37.3 Å². The van der Waals surface area contributed by atoms with Crippen molar-refractivity contribution in [3.63, 3.8) is 0 Å². The van der Waals surface area contributed by atoms with E-state index in [0.717, 1.165) is 40.4 Å². The second-order valence-corrected chi connectivity index (χ2v) is 11.1. The van der Waals surface area contributed by atoms with Crippen LogP contribution in [0.3, 0.4) is 0 Å². The third kappa shape index (κ3) is 3.42. The molecule has 2 saturated heterocycles. The van der Waals surface area contributed by atoms with E-state index in [1.165, 1.54) is 29.7 Å². The minimum atomic E-state index is 0.149. The molecule has 3 aliphatic rings. The van der Waals surface area contributed by atoms with Crippen LogP contribution >= 0.6 is 11.3 Å². The molecule has 5 nitrogen and oxygen atoms in total. The van der Waals surface area contributed by atoms with E-state index >= 15 is 0 Å². The molecule has 0 unspecified atom stereocenters. The Morgan fingerprint density at radius 3 is 2.85 bits per heavy atom. The van der Waals surface area contributed by atoms with Crippen LogP contribution in [0.25, 0.3) is 10.6 Å². The maximum Gasteiger partial charge on any atom is 0.266 e. The largest absolute Gasteiger partial charge is 0.329 e. The zero-order chi connectivity index (χ0) is 22.6. The van der Waals surface area contributed by atoms with Crippen molar-refractivity contribution >= 4 is 17.2 Å². The van der Waals surface area contributed by atoms with Crippen molar-refractivity contribution < 1.29 is 4.79 Å². The van der Waals surface area contributed by atoms with Gasteiger partial charge in [0, 0.05) is 41.5 Å². The standard InChI is InChI=1S/C27H30N4OS/c1-17-24(33-25(29-17)19-10-7-13-28-16-19)26(32)31-21(14-18-8-4-3-5-9-18)20-15-27(2)22(30-20)11-6-12-23(27)31/h3-5,7-10,13,16,20-23,30H,6,11-12,14-15H2,1-2H3/t20-,21-,22-,23+,27-/m0/s1. The SMILES string of the molecule is Cc1nc(-c2cccnc2)sc1C(=O)N1[C@@H](Cc2ccccc2)[C@@H]2C[C@@]3(C)[C@H](CCC[C@@H]13)N2. The van der Waals surface area contributed by atoms with Crippen molar-refractivity contribution in [3.8, 4) is 10.6 Å². The van der Waals surface area contributed by atoms with E-state index in [1.54, 1.807) is 6.20 Å². The number of likely N-dealkylation sites (tertiary alicyclic amines) is 1. The van der Waals surface area contributed by atoms with Gasteiger partial charge in [0.2, 0.25) is 0 Å². The van der Waals surface area contributed by atoms with Crippen molar-refractivity contribution in [3.05, 3.63) is 71.0 Å². The molecule has 2 bridgehead atoms. The monoisotopic (exact) mass is 458 g/mol. The van der Waals surface area contributed by atoms with Crippen molar-refractivity contribution in [2.24, 2.45) is 5.41 Å². The summed E-state index contributed by atoms with van der Waals surface area (Å²) in [6, 6.07) is 15.8. The van der Waals surface area contributed by atoms with Crippen LogP contribution in [0, 0.1) is 12.3 Å². The van der Waals surface area contributed by atoms with Gasteiger partial charge >= 0.3 is 0 Å². The van der Waals surface area contributed by atoms with Gasteiger partial charge < -0.3 is 10.2 Å². The van der Waals surface area contributed by atoms with Crippen LogP contribution < -0.4 is 5.32 Å². The number of carbonyl (C=O) groups excluding carboxylic acids is 1. The van der Waals surface area contributed by atoms with Crippen molar-refractivity contribution in [2.45, 2.75) is 70.1 Å². The predicted molar refractivity (Wildman–Crippen MR) is 131 cm³/mol. The molecule has 3 aromatic rings. The van der Waals surface area contributed by atoms with Gasteiger partial charge in [0.05, 0.1) is 11.7 Å². The Kier molecular flexibility index (Phi) is 5.11. The lowest BCUT2D eigenvalue weighted by molar-refractivity contribution is -0.0108. The van der Waals surface area contributed by atoms with Crippen LogP contribution in [0.4, 0.5) is 0 Å². The summed E-state index contributed by atoms with van der Waals surface area (Å²) in [7, 11) is 0. The molecule has 6 heteroatoms. The Morgan fingerprint density at radius 1 is 1.21 bits per heavy atom. The second kappa shape index (κ2) is 8.03. The number of thiazole rings is 1. The highest BCUT2D eigenvalue weighted by atomic mass is 32.1. The number of nitrogens with one attached hydrogen (secondary N) is 1. The molecule has 1 aliphatic carbocycles. The fraction of sp³-hybridized carbons (Fsp3) is 0.444. The van der Waals surface area contributed by atoms with E-state index in [2.05, 4.69) is 52.5 Å². The molecule has 2 aromatic heterocycles. The maximum absolute atomic E-state index is 14.3. The first-order valence-corrected chi connectivity index (χ1v) is 12.9. The lowest BCUT2D eigenvalue weighted by Gasteiger charge is -2.53. The summed E-state index contributed by atoms with van der Waals surface area (Å²) in [6.45, 7) is 4.38. The first kappa shape index (κ1) is 21.0. The number of hydrogen-bond donors (Lipinski definition) is 1. The van der Waals surface area contributed by atoms with Gasteiger partial charge in [0.25, 0.3) is 5.91 Å². The van der Waals surface area contributed by atoms with Crippen molar-refractivity contribution in [1.29, 1.82) is 0 Å². The molecule has 1 amide bonds. The van der Waals surface area contributed by atoms with Gasteiger partial charge in [-0.3, -0.25) is 9.78 Å². The second-order valence-electron chi connectivity index (χ2n) is 10.1. The van der Waals surface area contributed by atoms with E-state index in [0.29, 0.717) is 12.1 Å². The zero-order valence-electron chi connectivity index (χ0n) is 19.2. The van der Waals surface area contributed by atoms with Crippen LogP contribution in [0.5, 0.6) is 0 Å². The molecule has 5 atom stereocenters. The number of amides is 1. The van der Waals surface area contributed by atoms with Crippen LogP contribution in [-0.2, 0) is 6.42 Å². The molecule has 6 rings (SSSR count). The number of hydrogen-bond acceptors (Lipinski definition) is 5. The molecule has 1 saturated carbocycles. The summed E-state index contributed by atoms with van der Waals surface area (Å²) in [5, 5.41) is 4.83. The average molecular weight is 459 g/mol. The van der Waals surface area contributed by atoms with Crippen molar-refractivity contribution in [2.75, 3.05) is 0 Å². The van der Waals surface area contributed by atoms with Crippen molar-refractivity contribution in [1.82, 2.24) is 20.2 Å². The Labute approximate surface area is 199 Å². The summed E-state index contributed by atoms with van der Waals surface area (Å²) >= 11 is 1.51. The molecule has 0 spiro atoms. The normalized spacial score (nSPS) is 30.4. The topological polar surface area (TPSA) is 58.1 Å². The van der Waals surface area contributed by atoms with E-state index < -0.39 is 0 Å². The van der Waals surface area contributed by atoms with E-state index in [4.69, 9.17) is 4.98 Å². The number of aromatic nitrogens is 2. The third-order valence-electron chi connectivity index (χ3n) is 8.18. The van der Waals surface area contributed by atoms with Gasteiger partial charge in [-0.25, -0.2) is 4.98 Å². The maximum atomic E-state index is 14.3. The summed E-state index contributed by atoms with van der Waals surface area (Å²) in [6.07, 6.45) is 9.11. The molecule has 33 heavy (non-hydrogen) atoms. The summed E-state index contributed by atoms with van der Waals surface area (Å²) in [4.78, 5) is 26.3. The predicted octanol–water partition coefficient (Wildman–Crippen LogP) is 4.87. The first-order valence-electron chi connectivity index (χ1n) is 12.0. The highest BCUT2D eigenvalue weighted by Crippen LogP contribution is 2.53. The lowest BCUT2D eigenvalue weighted by Crippen LogP contribution is -2.62. The molecule has 1 aromatic carbocycles. The number of aryl methyl sites for hydroxylation is 1. The van der Waals surface area contributed by atoms with Gasteiger partial charge in [-0.2, -0.15) is 0 Å². The molecule has 2 aliphatic heterocycles. The summed E-state index contributed by atoms with van der Waals surface area (Å²) in [5.74, 6) is 0.159. The van der Waals surface area contributed by atoms with E-state index in [-0.39, 0.29) is 23.4 Å². The van der Waals surface area contributed by atoms with E-state index in [1.807, 2.05) is 25.3 Å². The number of pyridine rings is 1. The smallest absolute Gasteiger partial charge is 0.266 e. The third-order valence-corrected chi connectivity index (χ3v) is 9.38. The quantitative estimate of drug-likeness (QED) is 0.606. The molecular weight excluding hydrogens is 428 g/mol. The average Bonchev–Trinajstić information content (AvgIpc) is 3.39. The van der Waals surface area contributed by atoms with Crippen LogP contribution in [-0.4, -0.2) is 44.9 Å². The van der Waals surface area contributed by atoms with Gasteiger partial charge in [0.1, 0.15) is 9.88 Å². The fourth-order valence-electron chi connectivity index (χ4n) is 6.59. The fourth-order valence-corrected chi connectivity index (χ4v) is 7.59. The minimum absolute atomic E-state index is 0.149. The number of carbonyl (C=O) groups is 1. The Hall–Kier alpha value is -2.57. The Bertz CT molecular complexity index is 1160. The summed E-state index contributed by atoms with van der Waals surface area (Å²) in [5.41, 5.74) is 3.24. The van der Waals surface area contributed by atoms with Gasteiger partial charge in [-0.05, 0) is 56.7 Å². The molecule has 0 radical (unpaired) electrons. The van der Waals surface area contributed by atoms with Gasteiger partial charge in [0.15, 0.2) is 0 Å². The Balaban J connectivity index is 1.40. The highest BCUT2D eigenvalue weighted by Gasteiger charge is 2.60. The Morgan fingerprint density at radius 2 is 2.06 bits per heavy atom. The van der Waals surface area contributed by atoms with Crippen LogP contribution in [0.2, 0.25) is 0 Å². The van der Waals surface area contributed by atoms with E-state index in [9.17, 15) is 4.79 Å². The molecule has 170 valence electrons. The highest BCUT2D eigenvalue weighted by molar-refractivity contribution is 7.17. The first-order chi connectivity index (χ1) is 16.0. The molecule has 4 heterocycles. The van der Waals surface area contributed by atoms with Crippen LogP contribution in [0.1, 0.15) is 53.5 Å². The lowest BCUT2D eigenvalue weighted by atomic mass is 9.64. The van der Waals surface area contributed by atoms with Crippen LogP contribution in [0.15, 0.2) is 54.9 Å². The number of fused-ring (bicyclic) bond motifs is 1. The summed E-state index contributed by atoms with van der Waals surface area (Å²) < 4.78 is 0. The number of benzene rings is 1. The number of rotatable bonds is 4. The molecule has 1 N–H and O–H groups in total. The number of nitrogens with zero attached hydrogens (tertiary/aromatic N) is 3. The zero-order valence-corrected chi connectivity index (χ0v) is 20.0. The van der Waals surface area contributed by atoms with Gasteiger partial charge in [-0.15, -0.1) is 11.3 Å². The number of piperidine rings is 1.